The van der Waals surface area contributed by atoms with Crippen molar-refractivity contribution in [2.45, 2.75) is 33.2 Å². The van der Waals surface area contributed by atoms with Gasteiger partial charge in [0.15, 0.2) is 0 Å². The summed E-state index contributed by atoms with van der Waals surface area (Å²) in [5.74, 6) is 0. The van der Waals surface area contributed by atoms with E-state index in [-0.39, 0.29) is 0 Å². The predicted octanol–water partition coefficient (Wildman–Crippen LogP) is 5.85. The van der Waals surface area contributed by atoms with E-state index < -0.39 is 0 Å². The molecule has 5 rings (SSSR count). The molecule has 6 heteroatoms. The van der Waals surface area contributed by atoms with Gasteiger partial charge in [-0.15, -0.1) is 0 Å². The fourth-order valence-electron chi connectivity index (χ4n) is 5.20. The van der Waals surface area contributed by atoms with Crippen LogP contribution in [0.25, 0.3) is 32.8 Å². The van der Waals surface area contributed by atoms with Crippen molar-refractivity contribution in [3.8, 4) is 0 Å². The highest BCUT2D eigenvalue weighted by Gasteiger charge is 2.17. The van der Waals surface area contributed by atoms with Gasteiger partial charge in [0.2, 0.25) is 0 Å². The number of halogens is 1. The molecule has 3 heterocycles. The van der Waals surface area contributed by atoms with Crippen molar-refractivity contribution < 1.29 is 0 Å². The van der Waals surface area contributed by atoms with Gasteiger partial charge in [-0.3, -0.25) is 0 Å². The van der Waals surface area contributed by atoms with Crippen molar-refractivity contribution in [2.75, 3.05) is 51.1 Å². The molecule has 1 aliphatic rings. The Bertz CT molecular complexity index is 1250. The highest BCUT2D eigenvalue weighted by Crippen LogP contribution is 2.34. The lowest BCUT2D eigenvalue weighted by molar-refractivity contribution is 0.316. The van der Waals surface area contributed by atoms with Crippen LogP contribution in [0.3, 0.4) is 0 Å². The van der Waals surface area contributed by atoms with Crippen molar-refractivity contribution in [3.05, 3.63) is 47.5 Å². The summed E-state index contributed by atoms with van der Waals surface area (Å²) in [5.41, 5.74) is 5.54. The molecule has 5 nitrogen and oxygen atoms in total. The second-order valence-electron chi connectivity index (χ2n) is 9.05. The molecule has 0 bridgehead atoms. The Balaban J connectivity index is 1.56. The normalized spacial score (nSPS) is 14.9. The van der Waals surface area contributed by atoms with E-state index in [0.717, 1.165) is 66.4 Å². The number of likely N-dealkylation sites (N-methyl/N-ethyl adjacent to an activating group) is 1. The summed E-state index contributed by atoms with van der Waals surface area (Å²) in [4.78, 5) is 10.1. The third-order valence-electron chi connectivity index (χ3n) is 7.10. The van der Waals surface area contributed by atoms with Crippen molar-refractivity contribution >= 4 is 50.1 Å². The van der Waals surface area contributed by atoms with Gasteiger partial charge in [0.1, 0.15) is 0 Å². The maximum Gasteiger partial charge on any atom is 0.0967 e. The van der Waals surface area contributed by atoms with Crippen molar-refractivity contribution in [3.63, 3.8) is 0 Å². The summed E-state index contributed by atoms with van der Waals surface area (Å²) < 4.78 is 2.46. The van der Waals surface area contributed by atoms with Gasteiger partial charge >= 0.3 is 0 Å². The van der Waals surface area contributed by atoms with Crippen LogP contribution in [0.1, 0.15) is 26.7 Å². The summed E-state index contributed by atoms with van der Waals surface area (Å²) in [6.45, 7) is 12.9. The van der Waals surface area contributed by atoms with E-state index in [1.165, 1.54) is 42.4 Å². The number of nitrogens with one attached hydrogen (secondary N) is 1. The Labute approximate surface area is 201 Å². The summed E-state index contributed by atoms with van der Waals surface area (Å²) in [5, 5.41) is 6.71. The number of fused-ring (bicyclic) bond motifs is 4. The molecular formula is C27H34ClN5. The molecule has 0 atom stereocenters. The van der Waals surface area contributed by atoms with Gasteiger partial charge in [0.25, 0.3) is 0 Å². The highest BCUT2D eigenvalue weighted by atomic mass is 35.5. The molecule has 1 aliphatic heterocycles. The number of aromatic nitrogens is 2. The van der Waals surface area contributed by atoms with Crippen LogP contribution < -0.4 is 5.32 Å². The smallest absolute Gasteiger partial charge is 0.0967 e. The average molecular weight is 464 g/mol. The molecular weight excluding hydrogens is 430 g/mol. The molecule has 0 spiro atoms. The number of anilines is 1. The number of rotatable bonds is 9. The van der Waals surface area contributed by atoms with E-state index in [0.29, 0.717) is 0 Å². The van der Waals surface area contributed by atoms with Crippen LogP contribution in [0.4, 0.5) is 5.69 Å². The van der Waals surface area contributed by atoms with Gasteiger partial charge in [0.05, 0.1) is 22.1 Å². The molecule has 174 valence electrons. The van der Waals surface area contributed by atoms with E-state index in [1.807, 2.05) is 12.1 Å². The van der Waals surface area contributed by atoms with Gasteiger partial charge in [-0.25, -0.2) is 4.98 Å². The molecule has 0 amide bonds. The Morgan fingerprint density at radius 2 is 1.76 bits per heavy atom. The van der Waals surface area contributed by atoms with E-state index >= 15 is 0 Å². The van der Waals surface area contributed by atoms with Gasteiger partial charge < -0.3 is 19.7 Å². The first-order chi connectivity index (χ1) is 16.2. The maximum absolute atomic E-state index is 6.52. The molecule has 33 heavy (non-hydrogen) atoms. The van der Waals surface area contributed by atoms with Crippen LogP contribution in [-0.4, -0.2) is 65.2 Å². The summed E-state index contributed by atoms with van der Waals surface area (Å²) in [6, 6.07) is 15.0. The summed E-state index contributed by atoms with van der Waals surface area (Å²) in [6.07, 6.45) is 2.64. The average Bonchev–Trinajstić information content (AvgIpc) is 3.45. The van der Waals surface area contributed by atoms with E-state index in [9.17, 15) is 0 Å². The molecule has 0 radical (unpaired) electrons. The van der Waals surface area contributed by atoms with Gasteiger partial charge in [0, 0.05) is 47.7 Å². The molecule has 4 aromatic rings. The zero-order valence-electron chi connectivity index (χ0n) is 19.8. The number of pyridine rings is 1. The zero-order chi connectivity index (χ0) is 22.8. The first-order valence-corrected chi connectivity index (χ1v) is 12.8. The van der Waals surface area contributed by atoms with Crippen LogP contribution in [0, 0.1) is 0 Å². The monoisotopic (exact) mass is 463 g/mol. The lowest BCUT2D eigenvalue weighted by Gasteiger charge is -2.19. The number of hydrogen-bond acceptors (Lipinski definition) is 4. The number of hydrogen-bond donors (Lipinski definition) is 1. The molecule has 1 saturated heterocycles. The quantitative estimate of drug-likeness (QED) is 0.338. The number of nitrogens with zero attached hydrogens (tertiary/aromatic N) is 4. The van der Waals surface area contributed by atoms with Crippen LogP contribution in [-0.2, 0) is 6.54 Å². The van der Waals surface area contributed by atoms with Crippen LogP contribution in [0.5, 0.6) is 0 Å². The summed E-state index contributed by atoms with van der Waals surface area (Å²) >= 11 is 6.52. The Hall–Kier alpha value is -2.34. The van der Waals surface area contributed by atoms with Crippen LogP contribution in [0.15, 0.2) is 42.5 Å². The number of para-hydroxylation sites is 1. The molecule has 0 unspecified atom stereocenters. The van der Waals surface area contributed by atoms with Crippen molar-refractivity contribution in [1.82, 2.24) is 19.4 Å². The minimum absolute atomic E-state index is 0.720. The molecule has 1 N–H and O–H groups in total. The SMILES string of the molecule is CCN(CC)CCNc1cc(Cl)cc2nc3c4ccccc4n(CCN4CCCC4)c3cc12. The highest BCUT2D eigenvalue weighted by molar-refractivity contribution is 6.32. The molecule has 2 aromatic carbocycles. The zero-order valence-corrected chi connectivity index (χ0v) is 20.5. The molecule has 0 saturated carbocycles. The Kier molecular flexibility index (Phi) is 6.72. The van der Waals surface area contributed by atoms with Crippen molar-refractivity contribution in [1.29, 1.82) is 0 Å². The third-order valence-corrected chi connectivity index (χ3v) is 7.31. The minimum atomic E-state index is 0.720. The van der Waals surface area contributed by atoms with E-state index in [1.54, 1.807) is 0 Å². The third kappa shape index (κ3) is 4.54. The second kappa shape index (κ2) is 9.88. The van der Waals surface area contributed by atoms with Gasteiger partial charge in [-0.2, -0.15) is 0 Å². The lowest BCUT2D eigenvalue weighted by atomic mass is 10.1. The second-order valence-corrected chi connectivity index (χ2v) is 9.48. The van der Waals surface area contributed by atoms with E-state index in [2.05, 4.69) is 63.9 Å². The fourth-order valence-corrected chi connectivity index (χ4v) is 5.41. The van der Waals surface area contributed by atoms with Gasteiger partial charge in [-0.05, 0) is 63.3 Å². The van der Waals surface area contributed by atoms with Crippen LogP contribution >= 0.6 is 11.6 Å². The number of likely N-dealkylation sites (tertiary alicyclic amines) is 1. The predicted molar refractivity (Wildman–Crippen MR) is 142 cm³/mol. The topological polar surface area (TPSA) is 36.3 Å². The first-order valence-electron chi connectivity index (χ1n) is 12.4. The molecule has 1 fully saturated rings. The fraction of sp³-hybridized carbons (Fsp3) is 0.444. The Morgan fingerprint density at radius 1 is 0.970 bits per heavy atom. The molecule has 2 aromatic heterocycles. The molecule has 0 aliphatic carbocycles. The lowest BCUT2D eigenvalue weighted by Crippen LogP contribution is -2.28. The van der Waals surface area contributed by atoms with Gasteiger partial charge in [-0.1, -0.05) is 43.6 Å². The Morgan fingerprint density at radius 3 is 2.55 bits per heavy atom. The largest absolute Gasteiger partial charge is 0.383 e. The standard InChI is InChI=1S/C27H34ClN5/c1-3-31(4-2)14-11-29-23-17-20(28)18-24-22(23)19-26-27(30-24)21-9-5-6-10-25(21)33(26)16-15-32-12-7-8-13-32/h5-6,9-10,17-19,29H,3-4,7-8,11-16H2,1-2H3. The maximum atomic E-state index is 6.52. The van der Waals surface area contributed by atoms with E-state index in [4.69, 9.17) is 16.6 Å². The van der Waals surface area contributed by atoms with Crippen LogP contribution in [0.2, 0.25) is 5.02 Å². The number of benzene rings is 2. The minimum Gasteiger partial charge on any atom is -0.383 e. The summed E-state index contributed by atoms with van der Waals surface area (Å²) in [7, 11) is 0. The van der Waals surface area contributed by atoms with Crippen molar-refractivity contribution in [2.24, 2.45) is 0 Å². The first kappa shape index (κ1) is 22.5.